The SMILES string of the molecule is O=c1[nH]n(-c2ccccc2Cl)c2c1COC2. The zero-order chi connectivity index (χ0) is 11.1. The van der Waals surface area contributed by atoms with Gasteiger partial charge in [-0.15, -0.1) is 0 Å². The number of H-pyrrole nitrogens is 1. The van der Waals surface area contributed by atoms with Gasteiger partial charge in [0.2, 0.25) is 0 Å². The molecule has 0 atom stereocenters. The fraction of sp³-hybridized carbons (Fsp3) is 0.182. The van der Waals surface area contributed by atoms with Crippen molar-refractivity contribution in [1.29, 1.82) is 0 Å². The second kappa shape index (κ2) is 3.50. The first-order valence-corrected chi connectivity index (χ1v) is 5.30. The highest BCUT2D eigenvalue weighted by Gasteiger charge is 2.22. The number of rotatable bonds is 1. The zero-order valence-electron chi connectivity index (χ0n) is 8.37. The number of aromatic amines is 1. The van der Waals surface area contributed by atoms with Crippen LogP contribution in [0.25, 0.3) is 5.69 Å². The maximum Gasteiger partial charge on any atom is 0.270 e. The van der Waals surface area contributed by atoms with Gasteiger partial charge in [0.1, 0.15) is 0 Å². The summed E-state index contributed by atoms with van der Waals surface area (Å²) < 4.78 is 6.96. The van der Waals surface area contributed by atoms with Gasteiger partial charge < -0.3 is 4.74 Å². The monoisotopic (exact) mass is 236 g/mol. The molecule has 3 rings (SSSR count). The number of halogens is 1. The van der Waals surface area contributed by atoms with E-state index in [9.17, 15) is 4.79 Å². The summed E-state index contributed by atoms with van der Waals surface area (Å²) in [5, 5.41) is 3.37. The van der Waals surface area contributed by atoms with Crippen molar-refractivity contribution in [2.45, 2.75) is 13.2 Å². The van der Waals surface area contributed by atoms with Crippen LogP contribution in [0.5, 0.6) is 0 Å². The number of fused-ring (bicyclic) bond motifs is 1. The molecule has 0 saturated heterocycles. The van der Waals surface area contributed by atoms with Crippen LogP contribution in [0.3, 0.4) is 0 Å². The van der Waals surface area contributed by atoms with Gasteiger partial charge in [0.05, 0.1) is 35.2 Å². The van der Waals surface area contributed by atoms with Gasteiger partial charge in [-0.25, -0.2) is 0 Å². The van der Waals surface area contributed by atoms with E-state index in [0.717, 1.165) is 11.4 Å². The van der Waals surface area contributed by atoms with Crippen LogP contribution in [-0.2, 0) is 18.0 Å². The van der Waals surface area contributed by atoms with Crippen LogP contribution in [0.2, 0.25) is 5.02 Å². The topological polar surface area (TPSA) is 47.0 Å². The average molecular weight is 237 g/mol. The molecule has 0 amide bonds. The van der Waals surface area contributed by atoms with Gasteiger partial charge >= 0.3 is 0 Å². The summed E-state index contributed by atoms with van der Waals surface area (Å²) in [4.78, 5) is 11.6. The Hall–Kier alpha value is -1.52. The van der Waals surface area contributed by atoms with Crippen LogP contribution in [0.1, 0.15) is 11.3 Å². The lowest BCUT2D eigenvalue weighted by Gasteiger charge is -2.07. The average Bonchev–Trinajstić information content (AvgIpc) is 2.84. The van der Waals surface area contributed by atoms with Gasteiger partial charge in [-0.3, -0.25) is 14.6 Å². The van der Waals surface area contributed by atoms with Crippen LogP contribution < -0.4 is 5.56 Å². The summed E-state index contributed by atoms with van der Waals surface area (Å²) in [7, 11) is 0. The number of hydrogen-bond donors (Lipinski definition) is 1. The minimum atomic E-state index is -0.104. The third kappa shape index (κ3) is 1.31. The van der Waals surface area contributed by atoms with Crippen molar-refractivity contribution in [1.82, 2.24) is 9.78 Å². The maximum absolute atomic E-state index is 11.6. The molecule has 5 heteroatoms. The number of ether oxygens (including phenoxy) is 1. The molecule has 1 aromatic carbocycles. The molecule has 1 aliphatic heterocycles. The molecule has 0 bridgehead atoms. The van der Waals surface area contributed by atoms with Crippen molar-refractivity contribution < 1.29 is 4.74 Å². The van der Waals surface area contributed by atoms with E-state index in [1.54, 1.807) is 10.7 Å². The highest BCUT2D eigenvalue weighted by molar-refractivity contribution is 6.32. The van der Waals surface area contributed by atoms with Crippen molar-refractivity contribution in [3.05, 3.63) is 50.9 Å². The normalized spacial score (nSPS) is 14.1. The van der Waals surface area contributed by atoms with E-state index in [1.165, 1.54) is 0 Å². The van der Waals surface area contributed by atoms with Gasteiger partial charge in [0.25, 0.3) is 5.56 Å². The van der Waals surface area contributed by atoms with E-state index in [0.29, 0.717) is 23.8 Å². The molecule has 0 fully saturated rings. The fourth-order valence-electron chi connectivity index (χ4n) is 1.89. The Kier molecular flexibility index (Phi) is 2.12. The first-order chi connectivity index (χ1) is 7.77. The minimum Gasteiger partial charge on any atom is -0.370 e. The number of nitrogens with zero attached hydrogens (tertiary/aromatic N) is 1. The van der Waals surface area contributed by atoms with Crippen LogP contribution >= 0.6 is 11.6 Å². The summed E-state index contributed by atoms with van der Waals surface area (Å²) in [5.41, 5.74) is 2.22. The molecule has 2 heterocycles. The lowest BCUT2D eigenvalue weighted by Crippen LogP contribution is -2.08. The second-order valence-electron chi connectivity index (χ2n) is 3.65. The van der Waals surface area contributed by atoms with E-state index in [2.05, 4.69) is 5.10 Å². The quantitative estimate of drug-likeness (QED) is 0.822. The Morgan fingerprint density at radius 2 is 2.12 bits per heavy atom. The Morgan fingerprint density at radius 1 is 1.31 bits per heavy atom. The number of benzene rings is 1. The second-order valence-corrected chi connectivity index (χ2v) is 4.05. The molecule has 0 radical (unpaired) electrons. The lowest BCUT2D eigenvalue weighted by atomic mass is 10.2. The Morgan fingerprint density at radius 3 is 2.94 bits per heavy atom. The molecule has 2 aromatic rings. The molecule has 1 N–H and O–H groups in total. The first kappa shape index (κ1) is 9.69. The summed E-state index contributed by atoms with van der Waals surface area (Å²) in [6.07, 6.45) is 0. The van der Waals surface area contributed by atoms with E-state index in [-0.39, 0.29) is 5.56 Å². The smallest absolute Gasteiger partial charge is 0.270 e. The van der Waals surface area contributed by atoms with Gasteiger partial charge in [0, 0.05) is 0 Å². The van der Waals surface area contributed by atoms with Crippen LogP contribution in [0.15, 0.2) is 29.1 Å². The van der Waals surface area contributed by atoms with E-state index in [1.807, 2.05) is 18.2 Å². The van der Waals surface area contributed by atoms with Gasteiger partial charge in [-0.2, -0.15) is 0 Å². The van der Waals surface area contributed by atoms with E-state index < -0.39 is 0 Å². The first-order valence-electron chi connectivity index (χ1n) is 4.93. The van der Waals surface area contributed by atoms with Crippen LogP contribution in [0.4, 0.5) is 0 Å². The Labute approximate surface area is 96.4 Å². The predicted molar refractivity (Wildman–Crippen MR) is 59.9 cm³/mol. The van der Waals surface area contributed by atoms with Crippen LogP contribution in [0, 0.1) is 0 Å². The molecule has 0 unspecified atom stereocenters. The largest absolute Gasteiger partial charge is 0.370 e. The molecule has 0 saturated carbocycles. The zero-order valence-corrected chi connectivity index (χ0v) is 9.12. The van der Waals surface area contributed by atoms with Crippen molar-refractivity contribution in [2.24, 2.45) is 0 Å². The molecule has 1 aromatic heterocycles. The number of nitrogens with one attached hydrogen (secondary N) is 1. The highest BCUT2D eigenvalue weighted by Crippen LogP contribution is 2.24. The molecule has 82 valence electrons. The minimum absolute atomic E-state index is 0.104. The van der Waals surface area contributed by atoms with Gasteiger partial charge in [-0.05, 0) is 12.1 Å². The number of para-hydroxylation sites is 1. The van der Waals surface area contributed by atoms with Crippen molar-refractivity contribution >= 4 is 11.6 Å². The summed E-state index contributed by atoms with van der Waals surface area (Å²) in [6.45, 7) is 0.821. The number of aromatic nitrogens is 2. The maximum atomic E-state index is 11.6. The lowest BCUT2D eigenvalue weighted by molar-refractivity contribution is 0.130. The molecule has 1 aliphatic rings. The van der Waals surface area contributed by atoms with Crippen molar-refractivity contribution in [3.8, 4) is 5.69 Å². The number of hydrogen-bond acceptors (Lipinski definition) is 2. The van der Waals surface area contributed by atoms with Crippen molar-refractivity contribution in [3.63, 3.8) is 0 Å². The summed E-state index contributed by atoms with van der Waals surface area (Å²) in [6, 6.07) is 7.38. The molecule has 16 heavy (non-hydrogen) atoms. The molecular weight excluding hydrogens is 228 g/mol. The van der Waals surface area contributed by atoms with E-state index in [4.69, 9.17) is 16.3 Å². The summed E-state index contributed by atoms with van der Waals surface area (Å²) >= 11 is 6.09. The molecular formula is C11H9ClN2O2. The molecule has 0 spiro atoms. The summed E-state index contributed by atoms with van der Waals surface area (Å²) in [5.74, 6) is 0. The molecule has 4 nitrogen and oxygen atoms in total. The van der Waals surface area contributed by atoms with Gasteiger partial charge in [0.15, 0.2) is 0 Å². The third-order valence-electron chi connectivity index (χ3n) is 2.68. The Bertz CT molecular complexity index is 600. The Balaban J connectivity index is 2.25. The molecule has 0 aliphatic carbocycles. The van der Waals surface area contributed by atoms with E-state index >= 15 is 0 Å². The highest BCUT2D eigenvalue weighted by atomic mass is 35.5. The van der Waals surface area contributed by atoms with Crippen molar-refractivity contribution in [2.75, 3.05) is 0 Å². The standard InChI is InChI=1S/C11H9ClN2O2/c12-8-3-1-2-4-9(8)14-10-6-16-5-7(10)11(15)13-14/h1-4H,5-6H2,(H,13,15). The third-order valence-corrected chi connectivity index (χ3v) is 3.00. The predicted octanol–water partition coefficient (Wildman–Crippen LogP) is 1.85. The van der Waals surface area contributed by atoms with Gasteiger partial charge in [-0.1, -0.05) is 23.7 Å². The van der Waals surface area contributed by atoms with Crippen LogP contribution in [-0.4, -0.2) is 9.78 Å². The fourth-order valence-corrected chi connectivity index (χ4v) is 2.11.